The SMILES string of the molecule is CCN(CC)CCCNC(=O)CCC1CCCCC1.Cl. The summed E-state index contributed by atoms with van der Waals surface area (Å²) in [7, 11) is 0. The molecule has 1 amide bonds. The van der Waals surface area contributed by atoms with Crippen molar-refractivity contribution in [3.05, 3.63) is 0 Å². The Morgan fingerprint density at radius 3 is 2.40 bits per heavy atom. The number of hydrogen-bond acceptors (Lipinski definition) is 2. The van der Waals surface area contributed by atoms with Crippen LogP contribution in [-0.4, -0.2) is 37.0 Å². The predicted octanol–water partition coefficient (Wildman–Crippen LogP) is 3.62. The van der Waals surface area contributed by atoms with Gasteiger partial charge in [-0.15, -0.1) is 12.4 Å². The molecule has 1 rings (SSSR count). The monoisotopic (exact) mass is 304 g/mol. The summed E-state index contributed by atoms with van der Waals surface area (Å²) in [5, 5.41) is 3.06. The van der Waals surface area contributed by atoms with Crippen molar-refractivity contribution in [1.29, 1.82) is 0 Å². The molecule has 0 saturated heterocycles. The molecule has 1 saturated carbocycles. The van der Waals surface area contributed by atoms with Gasteiger partial charge in [-0.1, -0.05) is 46.0 Å². The Morgan fingerprint density at radius 1 is 1.15 bits per heavy atom. The van der Waals surface area contributed by atoms with E-state index in [1.54, 1.807) is 0 Å². The molecule has 0 spiro atoms. The van der Waals surface area contributed by atoms with Crippen LogP contribution < -0.4 is 5.32 Å². The molecule has 0 heterocycles. The van der Waals surface area contributed by atoms with Crippen LogP contribution in [0.25, 0.3) is 0 Å². The highest BCUT2D eigenvalue weighted by atomic mass is 35.5. The van der Waals surface area contributed by atoms with Crippen LogP contribution in [0.2, 0.25) is 0 Å². The Labute approximate surface area is 131 Å². The van der Waals surface area contributed by atoms with Crippen molar-refractivity contribution in [3.8, 4) is 0 Å². The third kappa shape index (κ3) is 8.80. The van der Waals surface area contributed by atoms with Gasteiger partial charge in [0.15, 0.2) is 0 Å². The summed E-state index contributed by atoms with van der Waals surface area (Å²) in [4.78, 5) is 14.1. The van der Waals surface area contributed by atoms with Gasteiger partial charge in [0.05, 0.1) is 0 Å². The number of nitrogens with one attached hydrogen (secondary N) is 1. The molecular formula is C16H33ClN2O. The van der Waals surface area contributed by atoms with E-state index in [2.05, 4.69) is 24.1 Å². The van der Waals surface area contributed by atoms with Crippen molar-refractivity contribution in [2.75, 3.05) is 26.2 Å². The first-order valence-electron chi connectivity index (χ1n) is 8.25. The van der Waals surface area contributed by atoms with E-state index in [4.69, 9.17) is 0 Å². The Hall–Kier alpha value is -0.280. The minimum absolute atomic E-state index is 0. The highest BCUT2D eigenvalue weighted by Crippen LogP contribution is 2.27. The molecule has 0 radical (unpaired) electrons. The van der Waals surface area contributed by atoms with E-state index in [-0.39, 0.29) is 18.3 Å². The largest absolute Gasteiger partial charge is 0.356 e. The molecular weight excluding hydrogens is 272 g/mol. The summed E-state index contributed by atoms with van der Waals surface area (Å²) in [5.41, 5.74) is 0. The number of hydrogen-bond donors (Lipinski definition) is 1. The number of carbonyl (C=O) groups is 1. The van der Waals surface area contributed by atoms with Gasteiger partial charge in [-0.05, 0) is 38.4 Å². The molecule has 0 bridgehead atoms. The van der Waals surface area contributed by atoms with Gasteiger partial charge in [0.25, 0.3) is 0 Å². The molecule has 0 unspecified atom stereocenters. The fourth-order valence-corrected chi connectivity index (χ4v) is 2.97. The standard InChI is InChI=1S/C16H32N2O.ClH/c1-3-18(4-2)14-8-13-17-16(19)12-11-15-9-6-5-7-10-15;/h15H,3-14H2,1-2H3,(H,17,19);1H. The zero-order valence-corrected chi connectivity index (χ0v) is 14.1. The predicted molar refractivity (Wildman–Crippen MR) is 88.5 cm³/mol. The fourth-order valence-electron chi connectivity index (χ4n) is 2.97. The number of halogens is 1. The van der Waals surface area contributed by atoms with Gasteiger partial charge in [-0.25, -0.2) is 0 Å². The topological polar surface area (TPSA) is 32.3 Å². The second-order valence-corrected chi connectivity index (χ2v) is 5.77. The van der Waals surface area contributed by atoms with Crippen LogP contribution in [0.4, 0.5) is 0 Å². The van der Waals surface area contributed by atoms with Crippen LogP contribution in [0, 0.1) is 5.92 Å². The summed E-state index contributed by atoms with van der Waals surface area (Å²) >= 11 is 0. The molecule has 1 N–H and O–H groups in total. The van der Waals surface area contributed by atoms with Crippen molar-refractivity contribution < 1.29 is 4.79 Å². The number of rotatable bonds is 9. The van der Waals surface area contributed by atoms with Crippen molar-refractivity contribution >= 4 is 18.3 Å². The Kier molecular flexibility index (Phi) is 12.3. The van der Waals surface area contributed by atoms with Crippen LogP contribution >= 0.6 is 12.4 Å². The Balaban J connectivity index is 0.00000361. The number of carbonyl (C=O) groups excluding carboxylic acids is 1. The van der Waals surface area contributed by atoms with Gasteiger partial charge >= 0.3 is 0 Å². The molecule has 0 aromatic carbocycles. The summed E-state index contributed by atoms with van der Waals surface area (Å²) < 4.78 is 0. The maximum Gasteiger partial charge on any atom is 0.220 e. The molecule has 0 aromatic heterocycles. The molecule has 1 aliphatic carbocycles. The van der Waals surface area contributed by atoms with Crippen LogP contribution in [0.5, 0.6) is 0 Å². The lowest BCUT2D eigenvalue weighted by atomic mass is 9.86. The van der Waals surface area contributed by atoms with E-state index in [1.165, 1.54) is 32.1 Å². The molecule has 0 atom stereocenters. The molecule has 1 fully saturated rings. The van der Waals surface area contributed by atoms with E-state index in [0.29, 0.717) is 0 Å². The highest BCUT2D eigenvalue weighted by Gasteiger charge is 2.14. The first-order valence-corrected chi connectivity index (χ1v) is 8.25. The zero-order valence-electron chi connectivity index (χ0n) is 13.3. The second-order valence-electron chi connectivity index (χ2n) is 5.77. The first kappa shape index (κ1) is 19.7. The average Bonchev–Trinajstić information content (AvgIpc) is 2.46. The molecule has 3 nitrogen and oxygen atoms in total. The van der Waals surface area contributed by atoms with Gasteiger partial charge in [0.1, 0.15) is 0 Å². The van der Waals surface area contributed by atoms with Gasteiger partial charge < -0.3 is 10.2 Å². The van der Waals surface area contributed by atoms with Gasteiger partial charge in [0, 0.05) is 13.0 Å². The van der Waals surface area contributed by atoms with E-state index in [9.17, 15) is 4.79 Å². The Bertz CT molecular complexity index is 239. The molecule has 0 aliphatic heterocycles. The van der Waals surface area contributed by atoms with Crippen LogP contribution in [0.15, 0.2) is 0 Å². The summed E-state index contributed by atoms with van der Waals surface area (Å²) in [5.74, 6) is 1.07. The van der Waals surface area contributed by atoms with E-state index >= 15 is 0 Å². The Morgan fingerprint density at radius 2 is 1.80 bits per heavy atom. The maximum absolute atomic E-state index is 11.7. The lowest BCUT2D eigenvalue weighted by Crippen LogP contribution is -2.30. The molecule has 120 valence electrons. The quantitative estimate of drug-likeness (QED) is 0.660. The average molecular weight is 305 g/mol. The molecule has 4 heteroatoms. The third-order valence-corrected chi connectivity index (χ3v) is 4.37. The van der Waals surface area contributed by atoms with Crippen LogP contribution in [0.1, 0.15) is 65.2 Å². The number of amides is 1. The van der Waals surface area contributed by atoms with Crippen molar-refractivity contribution in [3.63, 3.8) is 0 Å². The molecule has 1 aliphatic rings. The van der Waals surface area contributed by atoms with Gasteiger partial charge in [-0.2, -0.15) is 0 Å². The van der Waals surface area contributed by atoms with E-state index < -0.39 is 0 Å². The zero-order chi connectivity index (χ0) is 13.9. The lowest BCUT2D eigenvalue weighted by Gasteiger charge is -2.21. The molecule has 0 aromatic rings. The van der Waals surface area contributed by atoms with Crippen LogP contribution in [-0.2, 0) is 4.79 Å². The van der Waals surface area contributed by atoms with Crippen molar-refractivity contribution in [2.45, 2.75) is 65.2 Å². The van der Waals surface area contributed by atoms with E-state index in [1.807, 2.05) is 0 Å². The minimum Gasteiger partial charge on any atom is -0.356 e. The van der Waals surface area contributed by atoms with Gasteiger partial charge in [0.2, 0.25) is 5.91 Å². The normalized spacial score (nSPS) is 15.9. The van der Waals surface area contributed by atoms with Crippen LogP contribution in [0.3, 0.4) is 0 Å². The smallest absolute Gasteiger partial charge is 0.220 e. The fraction of sp³-hybridized carbons (Fsp3) is 0.938. The first-order chi connectivity index (χ1) is 9.26. The van der Waals surface area contributed by atoms with Crippen molar-refractivity contribution in [1.82, 2.24) is 10.2 Å². The maximum atomic E-state index is 11.7. The second kappa shape index (κ2) is 12.5. The van der Waals surface area contributed by atoms with Crippen molar-refractivity contribution in [2.24, 2.45) is 5.92 Å². The number of nitrogens with zero attached hydrogens (tertiary/aromatic N) is 1. The van der Waals surface area contributed by atoms with E-state index in [0.717, 1.165) is 51.4 Å². The lowest BCUT2D eigenvalue weighted by molar-refractivity contribution is -0.121. The minimum atomic E-state index is 0. The summed E-state index contributed by atoms with van der Waals surface area (Å²) in [6.07, 6.45) is 9.72. The summed E-state index contributed by atoms with van der Waals surface area (Å²) in [6, 6.07) is 0. The highest BCUT2D eigenvalue weighted by molar-refractivity contribution is 5.85. The third-order valence-electron chi connectivity index (χ3n) is 4.37. The van der Waals surface area contributed by atoms with Gasteiger partial charge in [-0.3, -0.25) is 4.79 Å². The molecule has 20 heavy (non-hydrogen) atoms. The summed E-state index contributed by atoms with van der Waals surface area (Å²) in [6.45, 7) is 8.51.